The maximum atomic E-state index is 12.3. The average Bonchev–Trinajstić information content (AvgIpc) is 2.62. The summed E-state index contributed by atoms with van der Waals surface area (Å²) in [4.78, 5) is 26.4. The molecule has 0 aliphatic carbocycles. The van der Waals surface area contributed by atoms with Gasteiger partial charge in [0, 0.05) is 29.9 Å². The standard InChI is InChI=1S/C19H20N4O2/c1-23(2)11-10-21-18(24)15-4-3-5-16(12-15)19(25)22-17-8-6-14(13-20)7-9-17/h3-9,12H,10-11H2,1-2H3,(H,21,24)(H,22,25). The van der Waals surface area contributed by atoms with Crippen LogP contribution in [0.4, 0.5) is 5.69 Å². The maximum absolute atomic E-state index is 12.3. The molecule has 0 aliphatic heterocycles. The monoisotopic (exact) mass is 336 g/mol. The molecule has 2 aromatic carbocycles. The van der Waals surface area contributed by atoms with Crippen LogP contribution in [0.15, 0.2) is 48.5 Å². The second-order valence-corrected chi connectivity index (χ2v) is 5.78. The zero-order chi connectivity index (χ0) is 18.2. The number of benzene rings is 2. The van der Waals surface area contributed by atoms with Crippen molar-refractivity contribution in [1.82, 2.24) is 10.2 Å². The molecular weight excluding hydrogens is 316 g/mol. The van der Waals surface area contributed by atoms with E-state index in [0.717, 1.165) is 6.54 Å². The normalized spacial score (nSPS) is 10.2. The average molecular weight is 336 g/mol. The molecule has 0 saturated carbocycles. The summed E-state index contributed by atoms with van der Waals surface area (Å²) in [6.07, 6.45) is 0. The van der Waals surface area contributed by atoms with E-state index in [1.54, 1.807) is 48.5 Å². The van der Waals surface area contributed by atoms with Gasteiger partial charge >= 0.3 is 0 Å². The summed E-state index contributed by atoms with van der Waals surface area (Å²) in [5.41, 5.74) is 1.94. The first-order valence-electron chi connectivity index (χ1n) is 7.84. The lowest BCUT2D eigenvalue weighted by molar-refractivity contribution is 0.0951. The second kappa shape index (κ2) is 8.62. The van der Waals surface area contributed by atoms with Gasteiger partial charge in [-0.1, -0.05) is 6.07 Å². The van der Waals surface area contributed by atoms with Gasteiger partial charge in [0.2, 0.25) is 0 Å². The zero-order valence-electron chi connectivity index (χ0n) is 14.2. The van der Waals surface area contributed by atoms with Crippen LogP contribution in [0.1, 0.15) is 26.3 Å². The minimum Gasteiger partial charge on any atom is -0.351 e. The second-order valence-electron chi connectivity index (χ2n) is 5.78. The van der Waals surface area contributed by atoms with E-state index < -0.39 is 0 Å². The number of hydrogen-bond acceptors (Lipinski definition) is 4. The van der Waals surface area contributed by atoms with Gasteiger partial charge in [-0.2, -0.15) is 5.26 Å². The van der Waals surface area contributed by atoms with Crippen molar-refractivity contribution in [3.63, 3.8) is 0 Å². The number of likely N-dealkylation sites (N-methyl/N-ethyl adjacent to an activating group) is 1. The molecular formula is C19H20N4O2. The molecule has 25 heavy (non-hydrogen) atoms. The molecule has 0 aliphatic rings. The predicted octanol–water partition coefficient (Wildman–Crippen LogP) is 2.10. The van der Waals surface area contributed by atoms with E-state index in [9.17, 15) is 9.59 Å². The van der Waals surface area contributed by atoms with E-state index in [2.05, 4.69) is 10.6 Å². The molecule has 0 aromatic heterocycles. The summed E-state index contributed by atoms with van der Waals surface area (Å²) in [5, 5.41) is 14.3. The molecule has 128 valence electrons. The Kier molecular flexibility index (Phi) is 6.26. The minimum atomic E-state index is -0.312. The first-order valence-corrected chi connectivity index (χ1v) is 7.84. The molecule has 0 saturated heterocycles. The van der Waals surface area contributed by atoms with Crippen LogP contribution in [0.5, 0.6) is 0 Å². The van der Waals surface area contributed by atoms with Crippen LogP contribution in [0, 0.1) is 11.3 Å². The fourth-order valence-electron chi connectivity index (χ4n) is 2.13. The summed E-state index contributed by atoms with van der Waals surface area (Å²) >= 11 is 0. The largest absolute Gasteiger partial charge is 0.351 e. The number of nitrogens with zero attached hydrogens (tertiary/aromatic N) is 2. The molecule has 2 N–H and O–H groups in total. The van der Waals surface area contributed by atoms with Crippen LogP contribution < -0.4 is 10.6 Å². The van der Waals surface area contributed by atoms with E-state index in [0.29, 0.717) is 28.9 Å². The smallest absolute Gasteiger partial charge is 0.255 e. The third-order valence-electron chi connectivity index (χ3n) is 3.50. The molecule has 0 radical (unpaired) electrons. The Morgan fingerprint density at radius 3 is 2.28 bits per heavy atom. The molecule has 2 amide bonds. The first kappa shape index (κ1) is 18.2. The van der Waals surface area contributed by atoms with Gasteiger partial charge in [0.1, 0.15) is 0 Å². The van der Waals surface area contributed by atoms with Gasteiger partial charge < -0.3 is 15.5 Å². The Hall–Kier alpha value is -3.17. The molecule has 0 heterocycles. The van der Waals surface area contributed by atoms with Crippen LogP contribution in [-0.4, -0.2) is 43.9 Å². The molecule has 0 atom stereocenters. The van der Waals surface area contributed by atoms with Crippen LogP contribution in [0.25, 0.3) is 0 Å². The lowest BCUT2D eigenvalue weighted by Crippen LogP contribution is -2.31. The number of carbonyl (C=O) groups is 2. The van der Waals surface area contributed by atoms with Crippen LogP contribution in [0.2, 0.25) is 0 Å². The number of carbonyl (C=O) groups excluding carboxylic acids is 2. The van der Waals surface area contributed by atoms with Crippen molar-refractivity contribution in [3.05, 3.63) is 65.2 Å². The molecule has 0 fully saturated rings. The van der Waals surface area contributed by atoms with Crippen LogP contribution in [-0.2, 0) is 0 Å². The number of amides is 2. The quantitative estimate of drug-likeness (QED) is 0.846. The Labute approximate surface area is 147 Å². The fraction of sp³-hybridized carbons (Fsp3) is 0.211. The highest BCUT2D eigenvalue weighted by Gasteiger charge is 2.10. The topological polar surface area (TPSA) is 85.2 Å². The Bertz CT molecular complexity index is 792. The van der Waals surface area contributed by atoms with Crippen molar-refractivity contribution in [2.75, 3.05) is 32.5 Å². The third kappa shape index (κ3) is 5.44. The SMILES string of the molecule is CN(C)CCNC(=O)c1cccc(C(=O)Nc2ccc(C#N)cc2)c1. The van der Waals surface area contributed by atoms with Crippen molar-refractivity contribution in [3.8, 4) is 6.07 Å². The Morgan fingerprint density at radius 1 is 1.04 bits per heavy atom. The number of nitrogens with one attached hydrogen (secondary N) is 2. The van der Waals surface area contributed by atoms with Gasteiger partial charge in [-0.15, -0.1) is 0 Å². The lowest BCUT2D eigenvalue weighted by Gasteiger charge is -2.11. The van der Waals surface area contributed by atoms with Crippen molar-refractivity contribution in [2.45, 2.75) is 0 Å². The summed E-state index contributed by atoms with van der Waals surface area (Å²) in [6.45, 7) is 1.28. The van der Waals surface area contributed by atoms with Crippen molar-refractivity contribution in [1.29, 1.82) is 5.26 Å². The number of nitriles is 1. The van der Waals surface area contributed by atoms with E-state index in [1.807, 2.05) is 25.1 Å². The summed E-state index contributed by atoms with van der Waals surface area (Å²) in [7, 11) is 3.86. The van der Waals surface area contributed by atoms with Gasteiger partial charge in [-0.25, -0.2) is 0 Å². The highest BCUT2D eigenvalue weighted by atomic mass is 16.2. The highest BCUT2D eigenvalue weighted by Crippen LogP contribution is 2.12. The van der Waals surface area contributed by atoms with Gasteiger partial charge in [0.15, 0.2) is 0 Å². The minimum absolute atomic E-state index is 0.213. The number of hydrogen-bond donors (Lipinski definition) is 2. The van der Waals surface area contributed by atoms with E-state index in [4.69, 9.17) is 5.26 Å². The van der Waals surface area contributed by atoms with Crippen molar-refractivity contribution in [2.24, 2.45) is 0 Å². The van der Waals surface area contributed by atoms with Crippen molar-refractivity contribution >= 4 is 17.5 Å². The van der Waals surface area contributed by atoms with Gasteiger partial charge in [0.25, 0.3) is 11.8 Å². The molecule has 2 rings (SSSR count). The lowest BCUT2D eigenvalue weighted by atomic mass is 10.1. The first-order chi connectivity index (χ1) is 12.0. The van der Waals surface area contributed by atoms with E-state index in [1.165, 1.54) is 0 Å². The molecule has 0 bridgehead atoms. The molecule has 0 spiro atoms. The third-order valence-corrected chi connectivity index (χ3v) is 3.50. The summed E-state index contributed by atoms with van der Waals surface area (Å²) in [5.74, 6) is -0.525. The number of rotatable bonds is 6. The Balaban J connectivity index is 2.02. The molecule has 6 nitrogen and oxygen atoms in total. The van der Waals surface area contributed by atoms with Gasteiger partial charge in [-0.3, -0.25) is 9.59 Å². The molecule has 2 aromatic rings. The number of anilines is 1. The summed E-state index contributed by atoms with van der Waals surface area (Å²) < 4.78 is 0. The fourth-order valence-corrected chi connectivity index (χ4v) is 2.13. The predicted molar refractivity (Wildman–Crippen MR) is 96.4 cm³/mol. The van der Waals surface area contributed by atoms with E-state index in [-0.39, 0.29) is 11.8 Å². The Morgan fingerprint density at radius 2 is 1.68 bits per heavy atom. The summed E-state index contributed by atoms with van der Waals surface area (Å²) in [6, 6.07) is 15.2. The van der Waals surface area contributed by atoms with Gasteiger partial charge in [-0.05, 0) is 56.6 Å². The van der Waals surface area contributed by atoms with E-state index >= 15 is 0 Å². The van der Waals surface area contributed by atoms with Crippen LogP contribution >= 0.6 is 0 Å². The highest BCUT2D eigenvalue weighted by molar-refractivity contribution is 6.06. The van der Waals surface area contributed by atoms with Gasteiger partial charge in [0.05, 0.1) is 11.6 Å². The molecule has 6 heteroatoms. The van der Waals surface area contributed by atoms with Crippen LogP contribution in [0.3, 0.4) is 0 Å². The maximum Gasteiger partial charge on any atom is 0.255 e. The zero-order valence-corrected chi connectivity index (χ0v) is 14.2. The van der Waals surface area contributed by atoms with Crippen molar-refractivity contribution < 1.29 is 9.59 Å². The molecule has 0 unspecified atom stereocenters.